The first kappa shape index (κ1) is 75.0. The van der Waals surface area contributed by atoms with E-state index in [1.807, 2.05) is 21.1 Å². The van der Waals surface area contributed by atoms with E-state index in [1.165, 1.54) is 205 Å². The average molecular weight is 1100 g/mol. The summed E-state index contributed by atoms with van der Waals surface area (Å²) in [7, 11) is 5.94. The zero-order valence-electron chi connectivity index (χ0n) is 51.8. The second-order valence-electron chi connectivity index (χ2n) is 23.4. The van der Waals surface area contributed by atoms with Gasteiger partial charge in [-0.2, -0.15) is 0 Å². The number of allylic oxidation sites excluding steroid dienone is 10. The summed E-state index contributed by atoms with van der Waals surface area (Å²) >= 11 is 0. The second kappa shape index (κ2) is 60.1. The summed E-state index contributed by atoms with van der Waals surface area (Å²) in [4.78, 5) is 37.4. The Balaban J connectivity index is 4.09. The quantitative estimate of drug-likeness (QED) is 0.0195. The number of unbranched alkanes of at least 4 members (excludes halogenated alkanes) is 36. The third-order valence-corrected chi connectivity index (χ3v) is 14.5. The SMILES string of the molecule is CC/C=C\C/C=C\C/C=C\C/C=C\C/C=C\CCCCCCCCCCCCCCCCCCCC(=O)OC(COC(=O)CCCCCCCCCCCCCCCCCCCCCC)COC(OCC[N+](C)(C)C)C(=O)[O-]. The molecule has 9 heteroatoms. The van der Waals surface area contributed by atoms with Gasteiger partial charge in [0.15, 0.2) is 12.4 Å². The van der Waals surface area contributed by atoms with Crippen LogP contribution in [0.1, 0.15) is 303 Å². The third kappa shape index (κ3) is 60.6. The van der Waals surface area contributed by atoms with Gasteiger partial charge in [0.2, 0.25) is 0 Å². The minimum absolute atomic E-state index is 0.149. The van der Waals surface area contributed by atoms with Crippen molar-refractivity contribution in [3.63, 3.8) is 0 Å². The number of hydrogen-bond acceptors (Lipinski definition) is 8. The topological polar surface area (TPSA) is 111 Å². The Bertz CT molecular complexity index is 1460. The molecular weight excluding hydrogens is 971 g/mol. The Morgan fingerprint density at radius 2 is 0.731 bits per heavy atom. The lowest BCUT2D eigenvalue weighted by Crippen LogP contribution is -2.44. The smallest absolute Gasteiger partial charge is 0.306 e. The monoisotopic (exact) mass is 1100 g/mol. The first-order chi connectivity index (χ1) is 38.1. The van der Waals surface area contributed by atoms with Gasteiger partial charge in [0.1, 0.15) is 13.2 Å². The van der Waals surface area contributed by atoms with Gasteiger partial charge in [-0.15, -0.1) is 0 Å². The molecule has 0 heterocycles. The summed E-state index contributed by atoms with van der Waals surface area (Å²) in [6.07, 6.45) is 74.3. The lowest BCUT2D eigenvalue weighted by atomic mass is 10.0. The fourth-order valence-corrected chi connectivity index (χ4v) is 9.51. The number of quaternary nitrogens is 1. The Labute approximate surface area is 482 Å². The number of hydrogen-bond donors (Lipinski definition) is 0. The van der Waals surface area contributed by atoms with Gasteiger partial charge in [-0.25, -0.2) is 0 Å². The van der Waals surface area contributed by atoms with Crippen LogP contribution in [0.25, 0.3) is 0 Å². The van der Waals surface area contributed by atoms with Gasteiger partial charge in [-0.1, -0.05) is 293 Å². The summed E-state index contributed by atoms with van der Waals surface area (Å²) in [6, 6.07) is 0. The zero-order chi connectivity index (χ0) is 56.9. The molecule has 0 N–H and O–H groups in total. The number of rotatable bonds is 61. The van der Waals surface area contributed by atoms with Crippen LogP contribution >= 0.6 is 0 Å². The molecular formula is C69H125NO8. The highest BCUT2D eigenvalue weighted by molar-refractivity contribution is 5.70. The van der Waals surface area contributed by atoms with Crippen LogP contribution in [0.2, 0.25) is 0 Å². The standard InChI is InChI=1S/C69H125NO8/c1-6-8-10-12-14-16-18-20-22-24-26-28-29-30-31-32-33-34-35-36-37-38-39-40-42-44-46-48-50-52-54-56-58-60-67(72)78-65(64-77-69(68(73)74)75-62-61-70(3,4)5)63-76-66(71)59-57-55-53-51-49-47-45-43-41-27-25-23-21-19-17-15-13-11-9-7-2/h8,10,14,16,20,22,26,28,30-31,65,69H,6-7,9,11-13,15,17-19,21,23-25,27,29,32-64H2,1-5H3/b10-8-,16-14-,22-20-,28-26-,31-30-. The first-order valence-electron chi connectivity index (χ1n) is 32.9. The fourth-order valence-electron chi connectivity index (χ4n) is 9.51. The number of ether oxygens (including phenoxy) is 4. The summed E-state index contributed by atoms with van der Waals surface area (Å²) < 4.78 is 22.8. The number of carbonyl (C=O) groups excluding carboxylic acids is 3. The molecule has 0 radical (unpaired) electrons. The van der Waals surface area contributed by atoms with Crippen molar-refractivity contribution in [3.05, 3.63) is 60.8 Å². The van der Waals surface area contributed by atoms with Gasteiger partial charge in [0.05, 0.1) is 40.3 Å². The van der Waals surface area contributed by atoms with E-state index in [9.17, 15) is 19.5 Å². The van der Waals surface area contributed by atoms with Gasteiger partial charge in [-0.3, -0.25) is 9.59 Å². The van der Waals surface area contributed by atoms with Crippen molar-refractivity contribution < 1.29 is 42.9 Å². The number of nitrogens with zero attached hydrogens (tertiary/aromatic N) is 1. The number of likely N-dealkylation sites (N-methyl/N-ethyl adjacent to an activating group) is 1. The molecule has 454 valence electrons. The van der Waals surface area contributed by atoms with Gasteiger partial charge in [0, 0.05) is 12.8 Å². The van der Waals surface area contributed by atoms with E-state index in [4.69, 9.17) is 18.9 Å². The minimum atomic E-state index is -1.62. The van der Waals surface area contributed by atoms with Crippen LogP contribution < -0.4 is 5.11 Å². The van der Waals surface area contributed by atoms with E-state index >= 15 is 0 Å². The van der Waals surface area contributed by atoms with Crippen molar-refractivity contribution >= 4 is 17.9 Å². The second-order valence-corrected chi connectivity index (χ2v) is 23.4. The molecule has 78 heavy (non-hydrogen) atoms. The number of carboxylic acids is 1. The van der Waals surface area contributed by atoms with Crippen molar-refractivity contribution in [2.24, 2.45) is 0 Å². The molecule has 0 amide bonds. The molecule has 2 unspecified atom stereocenters. The van der Waals surface area contributed by atoms with Gasteiger partial charge in [0.25, 0.3) is 0 Å². The minimum Gasteiger partial charge on any atom is -0.545 e. The highest BCUT2D eigenvalue weighted by Crippen LogP contribution is 2.18. The zero-order valence-corrected chi connectivity index (χ0v) is 51.8. The lowest BCUT2D eigenvalue weighted by Gasteiger charge is -2.26. The van der Waals surface area contributed by atoms with Gasteiger partial charge >= 0.3 is 11.9 Å². The Morgan fingerprint density at radius 1 is 0.397 bits per heavy atom. The Kier molecular flexibility index (Phi) is 57.8. The van der Waals surface area contributed by atoms with Crippen LogP contribution in [0.5, 0.6) is 0 Å². The maximum absolute atomic E-state index is 12.9. The summed E-state index contributed by atoms with van der Waals surface area (Å²) in [6.45, 7) is 4.68. The number of carboxylic acid groups (broad SMARTS) is 1. The molecule has 0 aromatic heterocycles. The molecule has 0 bridgehead atoms. The molecule has 0 aliphatic rings. The largest absolute Gasteiger partial charge is 0.545 e. The maximum Gasteiger partial charge on any atom is 0.306 e. The molecule has 0 aliphatic heterocycles. The molecule has 0 saturated carbocycles. The number of esters is 2. The number of carbonyl (C=O) groups is 3. The van der Waals surface area contributed by atoms with E-state index in [-0.39, 0.29) is 32.2 Å². The van der Waals surface area contributed by atoms with Crippen LogP contribution in [0.15, 0.2) is 60.8 Å². The molecule has 0 saturated heterocycles. The molecule has 0 rings (SSSR count). The van der Waals surface area contributed by atoms with Crippen molar-refractivity contribution in [1.29, 1.82) is 0 Å². The summed E-state index contributed by atoms with van der Waals surface area (Å²) in [5.41, 5.74) is 0. The van der Waals surface area contributed by atoms with E-state index in [0.29, 0.717) is 23.9 Å². The number of aliphatic carboxylic acids is 1. The highest BCUT2D eigenvalue weighted by Gasteiger charge is 2.22. The van der Waals surface area contributed by atoms with Crippen molar-refractivity contribution in [2.45, 2.75) is 315 Å². The Hall–Kier alpha value is -3.01. The molecule has 0 fully saturated rings. The molecule has 9 nitrogen and oxygen atoms in total. The van der Waals surface area contributed by atoms with Crippen molar-refractivity contribution in [1.82, 2.24) is 0 Å². The van der Waals surface area contributed by atoms with Gasteiger partial charge < -0.3 is 33.3 Å². The summed E-state index contributed by atoms with van der Waals surface area (Å²) in [5, 5.41) is 11.8. The molecule has 0 spiro atoms. The van der Waals surface area contributed by atoms with E-state index in [0.717, 1.165) is 64.2 Å². The van der Waals surface area contributed by atoms with Crippen molar-refractivity contribution in [3.8, 4) is 0 Å². The first-order valence-corrected chi connectivity index (χ1v) is 32.9. The lowest BCUT2D eigenvalue weighted by molar-refractivity contribution is -0.870. The van der Waals surface area contributed by atoms with Crippen LogP contribution in [0.4, 0.5) is 0 Å². The van der Waals surface area contributed by atoms with E-state index < -0.39 is 24.3 Å². The normalized spacial score (nSPS) is 13.1. The predicted octanol–water partition coefficient (Wildman–Crippen LogP) is 18.6. The van der Waals surface area contributed by atoms with E-state index in [1.54, 1.807) is 0 Å². The van der Waals surface area contributed by atoms with Crippen LogP contribution in [-0.4, -0.2) is 82.3 Å². The fraction of sp³-hybridized carbons (Fsp3) is 0.812. The van der Waals surface area contributed by atoms with Crippen LogP contribution in [0.3, 0.4) is 0 Å². The van der Waals surface area contributed by atoms with Crippen LogP contribution in [0, 0.1) is 0 Å². The predicted molar refractivity (Wildman–Crippen MR) is 329 cm³/mol. The highest BCUT2D eigenvalue weighted by atomic mass is 16.7. The average Bonchev–Trinajstić information content (AvgIpc) is 3.41. The molecule has 0 aromatic carbocycles. The van der Waals surface area contributed by atoms with Crippen molar-refractivity contribution in [2.75, 3.05) is 47.5 Å². The summed E-state index contributed by atoms with van der Waals surface area (Å²) in [5.74, 6) is -2.26. The molecule has 0 aromatic rings. The van der Waals surface area contributed by atoms with Gasteiger partial charge in [-0.05, 0) is 57.8 Å². The Morgan fingerprint density at radius 3 is 1.09 bits per heavy atom. The van der Waals surface area contributed by atoms with Crippen LogP contribution in [-0.2, 0) is 33.3 Å². The third-order valence-electron chi connectivity index (χ3n) is 14.5. The molecule has 0 aliphatic carbocycles. The molecule has 2 atom stereocenters. The maximum atomic E-state index is 12.9. The van der Waals surface area contributed by atoms with E-state index in [2.05, 4.69) is 74.6 Å².